The second-order valence-corrected chi connectivity index (χ2v) is 5.17. The Morgan fingerprint density at radius 1 is 1.10 bits per heavy atom. The number of halogens is 1. The van der Waals surface area contributed by atoms with Crippen molar-refractivity contribution < 1.29 is 14.2 Å². The average Bonchev–Trinajstić information content (AvgIpc) is 2.93. The van der Waals surface area contributed by atoms with Crippen molar-refractivity contribution in [1.82, 2.24) is 0 Å². The Bertz CT molecular complexity index is 637. The molecule has 1 atom stereocenters. The molecule has 1 unspecified atom stereocenters. The topological polar surface area (TPSA) is 29.5 Å². The number of fused-ring (bicyclic) bond motifs is 1. The SMILES string of the molecule is COc1ccc(F)cc1C(O)c1ccc2c(c1)CCC2. The number of methoxy groups -OCH3 is 1. The summed E-state index contributed by atoms with van der Waals surface area (Å²) in [5, 5.41) is 10.5. The first kappa shape index (κ1) is 13.1. The highest BCUT2D eigenvalue weighted by Crippen LogP contribution is 2.33. The molecule has 0 radical (unpaired) electrons. The lowest BCUT2D eigenvalue weighted by molar-refractivity contribution is 0.214. The molecular formula is C17H17FO2. The van der Waals surface area contributed by atoms with Crippen LogP contribution in [0, 0.1) is 5.82 Å². The number of aliphatic hydroxyl groups is 1. The van der Waals surface area contributed by atoms with Crippen LogP contribution in [-0.4, -0.2) is 12.2 Å². The molecule has 2 aromatic carbocycles. The van der Waals surface area contributed by atoms with Gasteiger partial charge in [0.05, 0.1) is 7.11 Å². The van der Waals surface area contributed by atoms with Crippen LogP contribution in [0.5, 0.6) is 5.75 Å². The lowest BCUT2D eigenvalue weighted by Gasteiger charge is -2.16. The van der Waals surface area contributed by atoms with Crippen molar-refractivity contribution in [3.8, 4) is 5.75 Å². The molecule has 1 N–H and O–H groups in total. The third kappa shape index (κ3) is 2.29. The summed E-state index contributed by atoms with van der Waals surface area (Å²) in [5.41, 5.74) is 3.89. The number of aryl methyl sites for hydroxylation is 2. The van der Waals surface area contributed by atoms with E-state index in [1.54, 1.807) is 6.07 Å². The van der Waals surface area contributed by atoms with Gasteiger partial charge >= 0.3 is 0 Å². The van der Waals surface area contributed by atoms with E-state index in [9.17, 15) is 9.50 Å². The van der Waals surface area contributed by atoms with Crippen molar-refractivity contribution in [3.63, 3.8) is 0 Å². The summed E-state index contributed by atoms with van der Waals surface area (Å²) >= 11 is 0. The van der Waals surface area contributed by atoms with Crippen LogP contribution in [0.4, 0.5) is 4.39 Å². The van der Waals surface area contributed by atoms with Crippen LogP contribution < -0.4 is 4.74 Å². The van der Waals surface area contributed by atoms with Crippen molar-refractivity contribution in [2.75, 3.05) is 7.11 Å². The van der Waals surface area contributed by atoms with Gasteiger partial charge in [-0.1, -0.05) is 18.2 Å². The monoisotopic (exact) mass is 272 g/mol. The van der Waals surface area contributed by atoms with Crippen LogP contribution >= 0.6 is 0 Å². The zero-order valence-corrected chi connectivity index (χ0v) is 11.4. The zero-order valence-electron chi connectivity index (χ0n) is 11.4. The van der Waals surface area contributed by atoms with E-state index < -0.39 is 6.10 Å². The van der Waals surface area contributed by atoms with E-state index in [1.807, 2.05) is 12.1 Å². The van der Waals surface area contributed by atoms with Crippen LogP contribution in [0.15, 0.2) is 36.4 Å². The fraction of sp³-hybridized carbons (Fsp3) is 0.294. The number of hydrogen-bond donors (Lipinski definition) is 1. The molecule has 0 spiro atoms. The smallest absolute Gasteiger partial charge is 0.125 e. The summed E-state index contributed by atoms with van der Waals surface area (Å²) in [6.07, 6.45) is 2.45. The molecule has 0 bridgehead atoms. The molecule has 0 heterocycles. The van der Waals surface area contributed by atoms with Crippen LogP contribution in [0.3, 0.4) is 0 Å². The van der Waals surface area contributed by atoms with Gasteiger partial charge in [-0.15, -0.1) is 0 Å². The number of ether oxygens (including phenoxy) is 1. The first-order chi connectivity index (χ1) is 9.69. The van der Waals surface area contributed by atoms with Crippen LogP contribution in [0.1, 0.15) is 34.8 Å². The van der Waals surface area contributed by atoms with E-state index in [4.69, 9.17) is 4.74 Å². The predicted molar refractivity (Wildman–Crippen MR) is 75.5 cm³/mol. The second-order valence-electron chi connectivity index (χ2n) is 5.17. The summed E-state index contributed by atoms with van der Waals surface area (Å²) in [7, 11) is 1.52. The highest BCUT2D eigenvalue weighted by atomic mass is 19.1. The van der Waals surface area contributed by atoms with E-state index in [1.165, 1.54) is 30.4 Å². The maximum Gasteiger partial charge on any atom is 0.125 e. The lowest BCUT2D eigenvalue weighted by atomic mass is 9.97. The molecule has 0 amide bonds. The first-order valence-corrected chi connectivity index (χ1v) is 6.82. The van der Waals surface area contributed by atoms with Crippen molar-refractivity contribution in [3.05, 3.63) is 64.5 Å². The van der Waals surface area contributed by atoms with Gasteiger partial charge in [-0.3, -0.25) is 0 Å². The molecule has 3 rings (SSSR count). The van der Waals surface area contributed by atoms with Gasteiger partial charge in [0, 0.05) is 5.56 Å². The molecule has 0 aromatic heterocycles. The zero-order chi connectivity index (χ0) is 14.1. The number of hydrogen-bond acceptors (Lipinski definition) is 2. The van der Waals surface area contributed by atoms with Crippen LogP contribution in [-0.2, 0) is 12.8 Å². The molecule has 3 heteroatoms. The van der Waals surface area contributed by atoms with Crippen molar-refractivity contribution >= 4 is 0 Å². The highest BCUT2D eigenvalue weighted by molar-refractivity contribution is 5.43. The van der Waals surface area contributed by atoms with Gasteiger partial charge in [0.2, 0.25) is 0 Å². The van der Waals surface area contributed by atoms with Crippen LogP contribution in [0.25, 0.3) is 0 Å². The molecule has 20 heavy (non-hydrogen) atoms. The molecule has 1 aliphatic carbocycles. The molecule has 0 saturated carbocycles. The van der Waals surface area contributed by atoms with Gasteiger partial charge in [0.15, 0.2) is 0 Å². The van der Waals surface area contributed by atoms with Crippen molar-refractivity contribution in [2.24, 2.45) is 0 Å². The number of aliphatic hydroxyl groups excluding tert-OH is 1. The van der Waals surface area contributed by atoms with Crippen molar-refractivity contribution in [2.45, 2.75) is 25.4 Å². The van der Waals surface area contributed by atoms with Gasteiger partial charge in [-0.2, -0.15) is 0 Å². The molecule has 2 nitrogen and oxygen atoms in total. The summed E-state index contributed by atoms with van der Waals surface area (Å²) < 4.78 is 18.6. The Morgan fingerprint density at radius 3 is 2.70 bits per heavy atom. The van der Waals surface area contributed by atoms with Crippen molar-refractivity contribution in [1.29, 1.82) is 0 Å². The molecule has 0 aliphatic heterocycles. The van der Waals surface area contributed by atoms with Gasteiger partial charge < -0.3 is 9.84 Å². The van der Waals surface area contributed by atoms with E-state index in [0.29, 0.717) is 11.3 Å². The summed E-state index contributed by atoms with van der Waals surface area (Å²) in [5.74, 6) is 0.125. The summed E-state index contributed by atoms with van der Waals surface area (Å²) in [6, 6.07) is 10.2. The minimum atomic E-state index is -0.869. The highest BCUT2D eigenvalue weighted by Gasteiger charge is 2.19. The summed E-state index contributed by atoms with van der Waals surface area (Å²) in [4.78, 5) is 0. The normalized spacial score (nSPS) is 14.9. The van der Waals surface area contributed by atoms with Gasteiger partial charge in [0.25, 0.3) is 0 Å². The summed E-state index contributed by atoms with van der Waals surface area (Å²) in [6.45, 7) is 0. The quantitative estimate of drug-likeness (QED) is 0.928. The van der Waals surface area contributed by atoms with E-state index in [0.717, 1.165) is 24.8 Å². The molecule has 1 aliphatic rings. The maximum atomic E-state index is 13.4. The Balaban J connectivity index is 2.00. The van der Waals surface area contributed by atoms with Gasteiger partial charge in [-0.05, 0) is 54.2 Å². The number of rotatable bonds is 3. The Kier molecular flexibility index (Phi) is 3.45. The van der Waals surface area contributed by atoms with E-state index >= 15 is 0 Å². The molecular weight excluding hydrogens is 255 g/mol. The molecule has 0 fully saturated rings. The van der Waals surface area contributed by atoms with Gasteiger partial charge in [-0.25, -0.2) is 4.39 Å². The lowest BCUT2D eigenvalue weighted by Crippen LogP contribution is -2.04. The fourth-order valence-electron chi connectivity index (χ4n) is 2.86. The Hall–Kier alpha value is -1.87. The minimum absolute atomic E-state index is 0.374. The third-order valence-corrected chi connectivity index (χ3v) is 3.92. The standard InChI is InChI=1S/C17H17FO2/c1-20-16-8-7-14(18)10-15(16)17(19)13-6-5-11-3-2-4-12(11)9-13/h5-10,17,19H,2-4H2,1H3. The predicted octanol–water partition coefficient (Wildman–Crippen LogP) is 3.40. The molecule has 104 valence electrons. The van der Waals surface area contributed by atoms with Gasteiger partial charge in [0.1, 0.15) is 17.7 Å². The molecule has 2 aromatic rings. The number of benzene rings is 2. The third-order valence-electron chi connectivity index (χ3n) is 3.92. The Morgan fingerprint density at radius 2 is 1.90 bits per heavy atom. The second kappa shape index (κ2) is 5.25. The van der Waals surface area contributed by atoms with E-state index in [-0.39, 0.29) is 5.82 Å². The molecule has 0 saturated heterocycles. The first-order valence-electron chi connectivity index (χ1n) is 6.82. The fourth-order valence-corrected chi connectivity index (χ4v) is 2.86. The Labute approximate surface area is 117 Å². The largest absolute Gasteiger partial charge is 0.496 e. The van der Waals surface area contributed by atoms with Crippen LogP contribution in [0.2, 0.25) is 0 Å². The minimum Gasteiger partial charge on any atom is -0.496 e. The van der Waals surface area contributed by atoms with E-state index in [2.05, 4.69) is 6.07 Å². The maximum absolute atomic E-state index is 13.4. The average molecular weight is 272 g/mol.